The zero-order valence-corrected chi connectivity index (χ0v) is 19.1. The average molecular weight is 463 g/mol. The lowest BCUT2D eigenvalue weighted by molar-refractivity contribution is -0.137. The van der Waals surface area contributed by atoms with Crippen molar-refractivity contribution in [3.8, 4) is 0 Å². The molecule has 2 rings (SSSR count). The molecule has 1 N–H and O–H groups in total. The molecule has 0 aromatic heterocycles. The van der Waals surface area contributed by atoms with Crippen LogP contribution in [0.5, 0.6) is 0 Å². The summed E-state index contributed by atoms with van der Waals surface area (Å²) in [6.07, 6.45) is -3.75. The van der Waals surface area contributed by atoms with Crippen LogP contribution in [0.3, 0.4) is 0 Å². The fourth-order valence-electron chi connectivity index (χ4n) is 3.37. The number of amides is 2. The maximum Gasteiger partial charge on any atom is 0.416 e. The van der Waals surface area contributed by atoms with Gasteiger partial charge in [-0.1, -0.05) is 25.4 Å². The van der Waals surface area contributed by atoms with Gasteiger partial charge in [0.25, 0.3) is 0 Å². The van der Waals surface area contributed by atoms with Gasteiger partial charge in [0.1, 0.15) is 6.04 Å². The Morgan fingerprint density at radius 1 is 1.16 bits per heavy atom. The molecule has 2 amide bonds. The molecule has 0 radical (unpaired) electrons. The van der Waals surface area contributed by atoms with Crippen LogP contribution in [0.4, 0.5) is 18.9 Å². The monoisotopic (exact) mass is 462 g/mol. The van der Waals surface area contributed by atoms with Crippen molar-refractivity contribution >= 4 is 29.1 Å². The third-order valence-electron chi connectivity index (χ3n) is 5.30. The Morgan fingerprint density at radius 2 is 1.84 bits per heavy atom. The van der Waals surface area contributed by atoms with Gasteiger partial charge in [0, 0.05) is 40.3 Å². The third kappa shape index (κ3) is 7.00. The van der Waals surface area contributed by atoms with E-state index in [4.69, 9.17) is 11.6 Å². The molecule has 1 aliphatic heterocycles. The van der Waals surface area contributed by atoms with Crippen molar-refractivity contribution in [1.29, 1.82) is 0 Å². The molecule has 0 spiro atoms. The normalized spacial score (nSPS) is 16.7. The number of carbonyl (C=O) groups excluding carboxylic acids is 2. The first-order valence-electron chi connectivity index (χ1n) is 10.2. The molecule has 1 saturated heterocycles. The first kappa shape index (κ1) is 25.3. The molecular weight excluding hydrogens is 433 g/mol. The summed E-state index contributed by atoms with van der Waals surface area (Å²) in [4.78, 5) is 30.5. The number of nitrogens with zero attached hydrogens (tertiary/aromatic N) is 3. The molecule has 0 bridgehead atoms. The smallest absolute Gasteiger partial charge is 0.372 e. The number of halogens is 4. The van der Waals surface area contributed by atoms with E-state index < -0.39 is 17.8 Å². The summed E-state index contributed by atoms with van der Waals surface area (Å²) in [6.45, 7) is 6.37. The van der Waals surface area contributed by atoms with Crippen LogP contribution in [0.1, 0.15) is 25.8 Å². The Labute approximate surface area is 186 Å². The Bertz CT molecular complexity index is 786. The van der Waals surface area contributed by atoms with E-state index in [2.05, 4.69) is 5.32 Å². The quantitative estimate of drug-likeness (QED) is 0.704. The van der Waals surface area contributed by atoms with Crippen LogP contribution in [0.15, 0.2) is 18.2 Å². The summed E-state index contributed by atoms with van der Waals surface area (Å²) in [5, 5.41) is 2.95. The van der Waals surface area contributed by atoms with Gasteiger partial charge in [-0.25, -0.2) is 0 Å². The molecule has 0 unspecified atom stereocenters. The van der Waals surface area contributed by atoms with Gasteiger partial charge in [0.15, 0.2) is 0 Å². The van der Waals surface area contributed by atoms with Gasteiger partial charge in [-0.3, -0.25) is 14.5 Å². The highest BCUT2D eigenvalue weighted by atomic mass is 35.5. The van der Waals surface area contributed by atoms with E-state index in [1.807, 2.05) is 18.7 Å². The first-order chi connectivity index (χ1) is 14.4. The summed E-state index contributed by atoms with van der Waals surface area (Å²) >= 11 is 6.06. The van der Waals surface area contributed by atoms with E-state index in [0.29, 0.717) is 32.7 Å². The highest BCUT2D eigenvalue weighted by Gasteiger charge is 2.32. The van der Waals surface area contributed by atoms with Crippen LogP contribution in [0.25, 0.3) is 0 Å². The van der Waals surface area contributed by atoms with Crippen LogP contribution in [0.2, 0.25) is 5.02 Å². The van der Waals surface area contributed by atoms with E-state index in [9.17, 15) is 22.8 Å². The number of hydrogen-bond donors (Lipinski definition) is 1. The summed E-state index contributed by atoms with van der Waals surface area (Å²) in [7, 11) is 3.42. The third-order valence-corrected chi connectivity index (χ3v) is 5.61. The fraction of sp³-hybridized carbons (Fsp3) is 0.619. The largest absolute Gasteiger partial charge is 0.416 e. The predicted molar refractivity (Wildman–Crippen MR) is 115 cm³/mol. The number of rotatable bonds is 6. The maximum absolute atomic E-state index is 13.2. The van der Waals surface area contributed by atoms with Crippen molar-refractivity contribution in [3.05, 3.63) is 28.8 Å². The number of nitrogens with one attached hydrogen (secondary N) is 1. The van der Waals surface area contributed by atoms with Gasteiger partial charge in [0.2, 0.25) is 11.8 Å². The molecule has 0 aliphatic carbocycles. The Kier molecular flexibility index (Phi) is 8.59. The van der Waals surface area contributed by atoms with E-state index in [0.717, 1.165) is 18.6 Å². The minimum absolute atomic E-state index is 0.0124. The Hall–Kier alpha value is -2.00. The second kappa shape index (κ2) is 10.5. The van der Waals surface area contributed by atoms with E-state index in [-0.39, 0.29) is 28.4 Å². The summed E-state index contributed by atoms with van der Waals surface area (Å²) in [5.74, 6) is -0.231. The lowest BCUT2D eigenvalue weighted by atomic mass is 10.0. The number of likely N-dealkylation sites (N-methyl/N-ethyl adjacent to an activating group) is 1. The minimum atomic E-state index is -4.48. The van der Waals surface area contributed by atoms with Crippen LogP contribution in [-0.4, -0.2) is 79.4 Å². The summed E-state index contributed by atoms with van der Waals surface area (Å²) in [5.41, 5.74) is -0.551. The zero-order chi connectivity index (χ0) is 23.3. The van der Waals surface area contributed by atoms with E-state index >= 15 is 0 Å². The molecule has 0 saturated carbocycles. The van der Waals surface area contributed by atoms with Crippen molar-refractivity contribution in [2.45, 2.75) is 32.5 Å². The molecule has 1 heterocycles. The number of alkyl halides is 3. The van der Waals surface area contributed by atoms with Crippen molar-refractivity contribution in [2.75, 3.05) is 52.1 Å². The molecule has 1 aliphatic rings. The van der Waals surface area contributed by atoms with Gasteiger partial charge < -0.3 is 15.1 Å². The number of carbonyl (C=O) groups is 2. The SMILES string of the molecule is CC(C)[C@H](Nc1ccc(C(F)(F)F)cc1Cl)C(=O)N1CCCN(CC(=O)N(C)C)CC1. The molecule has 1 aromatic rings. The number of hydrogen-bond acceptors (Lipinski definition) is 4. The summed E-state index contributed by atoms with van der Waals surface area (Å²) < 4.78 is 38.7. The molecule has 174 valence electrons. The van der Waals surface area contributed by atoms with Crippen LogP contribution in [-0.2, 0) is 15.8 Å². The zero-order valence-electron chi connectivity index (χ0n) is 18.3. The van der Waals surface area contributed by atoms with Gasteiger partial charge in [0.05, 0.1) is 22.8 Å². The second-order valence-electron chi connectivity index (χ2n) is 8.30. The molecule has 6 nitrogen and oxygen atoms in total. The summed E-state index contributed by atoms with van der Waals surface area (Å²) in [6, 6.07) is 2.42. The highest BCUT2D eigenvalue weighted by Crippen LogP contribution is 2.34. The lowest BCUT2D eigenvalue weighted by Gasteiger charge is -2.30. The fourth-order valence-corrected chi connectivity index (χ4v) is 3.60. The average Bonchev–Trinajstić information content (AvgIpc) is 2.91. The van der Waals surface area contributed by atoms with Crippen molar-refractivity contribution in [3.63, 3.8) is 0 Å². The predicted octanol–water partition coefficient (Wildman–Crippen LogP) is 3.42. The van der Waals surface area contributed by atoms with Crippen LogP contribution < -0.4 is 5.32 Å². The molecule has 10 heteroatoms. The molecule has 1 fully saturated rings. The Balaban J connectivity index is 2.08. The molecular formula is C21H30ClF3N4O2. The maximum atomic E-state index is 13.2. The van der Waals surface area contributed by atoms with Crippen molar-refractivity contribution in [2.24, 2.45) is 5.92 Å². The second-order valence-corrected chi connectivity index (χ2v) is 8.71. The first-order valence-corrected chi connectivity index (χ1v) is 10.6. The van der Waals surface area contributed by atoms with Gasteiger partial charge >= 0.3 is 6.18 Å². The van der Waals surface area contributed by atoms with Crippen LogP contribution >= 0.6 is 11.6 Å². The van der Waals surface area contributed by atoms with Gasteiger partial charge in [-0.05, 0) is 30.5 Å². The number of benzene rings is 1. The minimum Gasteiger partial charge on any atom is -0.372 e. The topological polar surface area (TPSA) is 55.9 Å². The van der Waals surface area contributed by atoms with Gasteiger partial charge in [-0.15, -0.1) is 0 Å². The van der Waals surface area contributed by atoms with Crippen LogP contribution in [0, 0.1) is 5.92 Å². The molecule has 1 aromatic carbocycles. The van der Waals surface area contributed by atoms with E-state index in [1.54, 1.807) is 23.9 Å². The van der Waals surface area contributed by atoms with Crippen molar-refractivity contribution < 1.29 is 22.8 Å². The van der Waals surface area contributed by atoms with E-state index in [1.165, 1.54) is 6.07 Å². The standard InChI is InChI=1S/C21H30ClF3N4O2/c1-14(2)19(26-17-7-6-15(12-16(17)22)21(23,24)25)20(31)29-9-5-8-28(10-11-29)13-18(30)27(3)4/h6-7,12,14,19,26H,5,8-11,13H2,1-4H3/t19-/m0/s1. The molecule has 1 atom stereocenters. The number of anilines is 1. The lowest BCUT2D eigenvalue weighted by Crippen LogP contribution is -2.47. The van der Waals surface area contributed by atoms with Gasteiger partial charge in [-0.2, -0.15) is 13.2 Å². The highest BCUT2D eigenvalue weighted by molar-refractivity contribution is 6.33. The Morgan fingerprint density at radius 3 is 2.39 bits per heavy atom. The van der Waals surface area contributed by atoms with Crippen molar-refractivity contribution in [1.82, 2.24) is 14.7 Å². The molecule has 31 heavy (non-hydrogen) atoms.